The molecule has 126 valence electrons. The van der Waals surface area contributed by atoms with Crippen LogP contribution in [-0.2, 0) is 4.79 Å². The van der Waals surface area contributed by atoms with Gasteiger partial charge < -0.3 is 15.4 Å². The maximum absolute atomic E-state index is 11.9. The Bertz CT molecular complexity index is 702. The Kier molecular flexibility index (Phi) is 6.75. The van der Waals surface area contributed by atoms with Gasteiger partial charge >= 0.3 is 0 Å². The lowest BCUT2D eigenvalue weighted by atomic mass is 10.1. The molecule has 2 N–H and O–H groups in total. The van der Waals surface area contributed by atoms with Crippen LogP contribution in [0, 0.1) is 13.8 Å². The fourth-order valence-corrected chi connectivity index (χ4v) is 2.38. The molecule has 0 spiro atoms. The second-order valence-corrected chi connectivity index (χ2v) is 5.99. The Morgan fingerprint density at radius 1 is 1.12 bits per heavy atom. The summed E-state index contributed by atoms with van der Waals surface area (Å²) in [6.07, 6.45) is 0.994. The van der Waals surface area contributed by atoms with E-state index in [1.54, 1.807) is 0 Å². The van der Waals surface area contributed by atoms with Crippen molar-refractivity contribution in [3.05, 3.63) is 59.7 Å². The number of ether oxygens (including phenoxy) is 1. The summed E-state index contributed by atoms with van der Waals surface area (Å²) in [6.45, 7) is 4.50. The van der Waals surface area contributed by atoms with Gasteiger partial charge in [0.15, 0.2) is 5.11 Å². The molecule has 0 atom stereocenters. The standard InChI is InChI=1S/C19H22N2O2S/c1-14-10-11-15(2)17(13-14)20-19(24)21-18(22)9-6-12-23-16-7-4-3-5-8-16/h3-5,7-8,10-11,13H,6,9,12H2,1-2H3,(H2,20,21,22,24). The number of hydrogen-bond acceptors (Lipinski definition) is 3. The number of nitrogens with one attached hydrogen (secondary N) is 2. The molecule has 5 heteroatoms. The van der Waals surface area contributed by atoms with Crippen molar-refractivity contribution >= 4 is 28.9 Å². The fourth-order valence-electron chi connectivity index (χ4n) is 2.15. The summed E-state index contributed by atoms with van der Waals surface area (Å²) in [6, 6.07) is 15.6. The van der Waals surface area contributed by atoms with Crippen molar-refractivity contribution in [2.75, 3.05) is 11.9 Å². The normalized spacial score (nSPS) is 10.1. The van der Waals surface area contributed by atoms with E-state index >= 15 is 0 Å². The van der Waals surface area contributed by atoms with Gasteiger partial charge in [0, 0.05) is 12.1 Å². The number of rotatable bonds is 6. The number of hydrogen-bond donors (Lipinski definition) is 2. The molecule has 0 fully saturated rings. The predicted octanol–water partition coefficient (Wildman–Crippen LogP) is 3.98. The van der Waals surface area contributed by atoms with E-state index in [4.69, 9.17) is 17.0 Å². The van der Waals surface area contributed by atoms with E-state index in [1.807, 2.05) is 62.4 Å². The minimum Gasteiger partial charge on any atom is -0.494 e. The highest BCUT2D eigenvalue weighted by molar-refractivity contribution is 7.80. The van der Waals surface area contributed by atoms with Crippen molar-refractivity contribution in [1.82, 2.24) is 5.32 Å². The zero-order valence-corrected chi connectivity index (χ0v) is 14.8. The molecule has 0 saturated heterocycles. The monoisotopic (exact) mass is 342 g/mol. The van der Waals surface area contributed by atoms with Crippen LogP contribution in [0.15, 0.2) is 48.5 Å². The summed E-state index contributed by atoms with van der Waals surface area (Å²) < 4.78 is 5.56. The maximum atomic E-state index is 11.9. The second kappa shape index (κ2) is 9.03. The molecule has 0 bridgehead atoms. The average molecular weight is 342 g/mol. The summed E-state index contributed by atoms with van der Waals surface area (Å²) in [5, 5.41) is 6.08. The van der Waals surface area contributed by atoms with Crippen LogP contribution in [0.1, 0.15) is 24.0 Å². The number of benzene rings is 2. The van der Waals surface area contributed by atoms with Gasteiger partial charge in [0.1, 0.15) is 5.75 Å². The lowest BCUT2D eigenvalue weighted by molar-refractivity contribution is -0.119. The van der Waals surface area contributed by atoms with Crippen molar-refractivity contribution in [3.8, 4) is 5.75 Å². The van der Waals surface area contributed by atoms with E-state index in [9.17, 15) is 4.79 Å². The Balaban J connectivity index is 1.70. The Hall–Kier alpha value is -2.40. The van der Waals surface area contributed by atoms with Crippen molar-refractivity contribution < 1.29 is 9.53 Å². The molecule has 0 saturated carbocycles. The van der Waals surface area contributed by atoms with Crippen molar-refractivity contribution in [3.63, 3.8) is 0 Å². The first-order valence-electron chi connectivity index (χ1n) is 7.90. The van der Waals surface area contributed by atoms with E-state index in [0.717, 1.165) is 22.6 Å². The van der Waals surface area contributed by atoms with Crippen LogP contribution in [0.2, 0.25) is 0 Å². The van der Waals surface area contributed by atoms with Crippen LogP contribution in [0.5, 0.6) is 5.75 Å². The molecule has 0 aromatic heterocycles. The topological polar surface area (TPSA) is 50.4 Å². The largest absolute Gasteiger partial charge is 0.494 e. The number of carbonyl (C=O) groups excluding carboxylic acids is 1. The second-order valence-electron chi connectivity index (χ2n) is 5.59. The van der Waals surface area contributed by atoms with E-state index < -0.39 is 0 Å². The lowest BCUT2D eigenvalue weighted by Crippen LogP contribution is -2.34. The van der Waals surface area contributed by atoms with Gasteiger partial charge in [-0.2, -0.15) is 0 Å². The van der Waals surface area contributed by atoms with Crippen LogP contribution >= 0.6 is 12.2 Å². The zero-order chi connectivity index (χ0) is 17.4. The van der Waals surface area contributed by atoms with E-state index in [0.29, 0.717) is 24.6 Å². The number of amides is 1. The molecule has 0 heterocycles. The Labute approximate surface area is 148 Å². The third-order valence-electron chi connectivity index (χ3n) is 3.45. The summed E-state index contributed by atoms with van der Waals surface area (Å²) in [4.78, 5) is 11.9. The van der Waals surface area contributed by atoms with Crippen LogP contribution in [0.25, 0.3) is 0 Å². The van der Waals surface area contributed by atoms with Crippen molar-refractivity contribution in [2.24, 2.45) is 0 Å². The number of para-hydroxylation sites is 1. The first-order valence-corrected chi connectivity index (χ1v) is 8.31. The Morgan fingerprint density at radius 2 is 1.88 bits per heavy atom. The fraction of sp³-hybridized carbons (Fsp3) is 0.263. The summed E-state index contributed by atoms with van der Waals surface area (Å²) in [7, 11) is 0. The van der Waals surface area contributed by atoms with Gasteiger partial charge in [-0.1, -0.05) is 30.3 Å². The van der Waals surface area contributed by atoms with E-state index in [2.05, 4.69) is 10.6 Å². The molecule has 2 aromatic rings. The third kappa shape index (κ3) is 6.01. The van der Waals surface area contributed by atoms with Crippen molar-refractivity contribution in [1.29, 1.82) is 0 Å². The van der Waals surface area contributed by atoms with Gasteiger partial charge in [-0.25, -0.2) is 0 Å². The molecule has 2 aromatic carbocycles. The lowest BCUT2D eigenvalue weighted by Gasteiger charge is -2.12. The highest BCUT2D eigenvalue weighted by atomic mass is 32.1. The number of carbonyl (C=O) groups is 1. The van der Waals surface area contributed by atoms with Crippen LogP contribution in [0.3, 0.4) is 0 Å². The van der Waals surface area contributed by atoms with Gasteiger partial charge in [-0.05, 0) is 61.8 Å². The van der Waals surface area contributed by atoms with Crippen LogP contribution < -0.4 is 15.4 Å². The quantitative estimate of drug-likeness (QED) is 0.616. The molecular formula is C19H22N2O2S. The first-order chi connectivity index (χ1) is 11.5. The highest BCUT2D eigenvalue weighted by Gasteiger charge is 2.06. The van der Waals surface area contributed by atoms with Gasteiger partial charge in [0.2, 0.25) is 5.91 Å². The highest BCUT2D eigenvalue weighted by Crippen LogP contribution is 2.16. The summed E-state index contributed by atoms with van der Waals surface area (Å²) in [5.74, 6) is 0.694. The molecule has 0 aliphatic heterocycles. The van der Waals surface area contributed by atoms with Gasteiger partial charge in [-0.15, -0.1) is 0 Å². The van der Waals surface area contributed by atoms with Crippen LogP contribution in [-0.4, -0.2) is 17.6 Å². The SMILES string of the molecule is Cc1ccc(C)c(NC(=S)NC(=O)CCCOc2ccccc2)c1. The molecule has 2 rings (SSSR count). The van der Waals surface area contributed by atoms with Gasteiger partial charge in [-0.3, -0.25) is 4.79 Å². The molecular weight excluding hydrogens is 320 g/mol. The number of thiocarbonyl (C=S) groups is 1. The smallest absolute Gasteiger partial charge is 0.226 e. The average Bonchev–Trinajstić information content (AvgIpc) is 2.56. The molecule has 1 amide bonds. The first kappa shape index (κ1) is 17.9. The Morgan fingerprint density at radius 3 is 2.62 bits per heavy atom. The van der Waals surface area contributed by atoms with E-state index in [1.165, 1.54) is 0 Å². The third-order valence-corrected chi connectivity index (χ3v) is 3.66. The summed E-state index contributed by atoms with van der Waals surface area (Å²) in [5.41, 5.74) is 3.12. The zero-order valence-electron chi connectivity index (χ0n) is 14.0. The number of anilines is 1. The molecule has 4 nitrogen and oxygen atoms in total. The molecule has 24 heavy (non-hydrogen) atoms. The molecule has 0 aliphatic rings. The number of aryl methyl sites for hydroxylation is 2. The van der Waals surface area contributed by atoms with Gasteiger partial charge in [0.05, 0.1) is 6.61 Å². The predicted molar refractivity (Wildman–Crippen MR) is 101 cm³/mol. The maximum Gasteiger partial charge on any atom is 0.226 e. The minimum atomic E-state index is -0.116. The van der Waals surface area contributed by atoms with Crippen molar-refractivity contribution in [2.45, 2.75) is 26.7 Å². The minimum absolute atomic E-state index is 0.116. The van der Waals surface area contributed by atoms with Crippen LogP contribution in [0.4, 0.5) is 5.69 Å². The van der Waals surface area contributed by atoms with E-state index in [-0.39, 0.29) is 5.91 Å². The molecule has 0 radical (unpaired) electrons. The molecule has 0 unspecified atom stereocenters. The molecule has 0 aliphatic carbocycles. The van der Waals surface area contributed by atoms with Gasteiger partial charge in [0.25, 0.3) is 0 Å². The summed E-state index contributed by atoms with van der Waals surface area (Å²) >= 11 is 5.20.